The van der Waals surface area contributed by atoms with Crippen LogP contribution in [-0.4, -0.2) is 27.7 Å². The van der Waals surface area contributed by atoms with Crippen molar-refractivity contribution in [2.45, 2.75) is 13.0 Å². The van der Waals surface area contributed by atoms with Gasteiger partial charge in [0.2, 0.25) is 0 Å². The summed E-state index contributed by atoms with van der Waals surface area (Å²) in [4.78, 5) is 2.23. The highest BCUT2D eigenvalue weighted by atomic mass is 16.5. The average Bonchev–Trinajstić information content (AvgIpc) is 2.53. The zero-order valence-electron chi connectivity index (χ0n) is 13.3. The molecule has 0 radical (unpaired) electrons. The lowest BCUT2D eigenvalue weighted by Gasteiger charge is -2.28. The maximum atomic E-state index is 5.45. The number of likely N-dealkylation sites (N-methyl/N-ethyl adjacent to an activating group) is 2. The van der Waals surface area contributed by atoms with Gasteiger partial charge in [0.15, 0.2) is 0 Å². The summed E-state index contributed by atoms with van der Waals surface area (Å²) in [6.45, 7) is 3.03. The molecule has 0 saturated carbocycles. The topological polar surface area (TPSA) is 24.5 Å². The number of hydrogen-bond acceptors (Lipinski definition) is 3. The number of methoxy groups -OCH3 is 1. The number of ether oxygens (including phenoxy) is 1. The van der Waals surface area contributed by atoms with Gasteiger partial charge in [-0.05, 0) is 37.2 Å². The first-order valence-electron chi connectivity index (χ1n) is 7.24. The highest BCUT2D eigenvalue weighted by Crippen LogP contribution is 2.28. The Morgan fingerprint density at radius 3 is 2.43 bits per heavy atom. The van der Waals surface area contributed by atoms with Crippen LogP contribution in [0.15, 0.2) is 48.5 Å². The molecule has 2 aromatic rings. The van der Waals surface area contributed by atoms with Crippen molar-refractivity contribution in [1.82, 2.24) is 5.32 Å². The first-order valence-corrected chi connectivity index (χ1v) is 7.24. The number of nitrogens with zero attached hydrogens (tertiary/aromatic N) is 1. The number of aryl methyl sites for hydroxylation is 1. The first-order chi connectivity index (χ1) is 10.2. The third-order valence-corrected chi connectivity index (χ3v) is 3.87. The molecule has 2 aromatic carbocycles. The molecule has 1 unspecified atom stereocenters. The van der Waals surface area contributed by atoms with Gasteiger partial charge in [0.1, 0.15) is 5.75 Å². The van der Waals surface area contributed by atoms with Crippen LogP contribution in [0.25, 0.3) is 0 Å². The van der Waals surface area contributed by atoms with Gasteiger partial charge in [-0.15, -0.1) is 0 Å². The summed E-state index contributed by atoms with van der Waals surface area (Å²) in [5.41, 5.74) is 3.75. The fourth-order valence-electron chi connectivity index (χ4n) is 2.64. The van der Waals surface area contributed by atoms with Gasteiger partial charge in [-0.25, -0.2) is 0 Å². The van der Waals surface area contributed by atoms with Crippen LogP contribution in [0.5, 0.6) is 5.75 Å². The predicted octanol–water partition coefficient (Wildman–Crippen LogP) is 3.40. The van der Waals surface area contributed by atoms with Crippen LogP contribution in [0.3, 0.4) is 0 Å². The number of hydrogen-bond donors (Lipinski definition) is 1. The van der Waals surface area contributed by atoms with Gasteiger partial charge >= 0.3 is 0 Å². The van der Waals surface area contributed by atoms with E-state index in [1.54, 1.807) is 7.11 Å². The molecule has 0 bridgehead atoms. The maximum absolute atomic E-state index is 5.45. The number of para-hydroxylation sites is 2. The quantitative estimate of drug-likeness (QED) is 0.880. The fourth-order valence-corrected chi connectivity index (χ4v) is 2.64. The van der Waals surface area contributed by atoms with Crippen molar-refractivity contribution in [2.24, 2.45) is 0 Å². The van der Waals surface area contributed by atoms with Crippen molar-refractivity contribution in [3.8, 4) is 5.75 Å². The van der Waals surface area contributed by atoms with Gasteiger partial charge in [0.25, 0.3) is 0 Å². The minimum absolute atomic E-state index is 0.279. The molecule has 0 spiro atoms. The second-order valence-corrected chi connectivity index (χ2v) is 5.25. The molecule has 3 nitrogen and oxygen atoms in total. The van der Waals surface area contributed by atoms with Gasteiger partial charge in [-0.3, -0.25) is 0 Å². The van der Waals surface area contributed by atoms with E-state index < -0.39 is 0 Å². The van der Waals surface area contributed by atoms with E-state index in [-0.39, 0.29) is 6.04 Å². The minimum Gasteiger partial charge on any atom is -0.495 e. The van der Waals surface area contributed by atoms with E-state index in [0.717, 1.165) is 18.0 Å². The van der Waals surface area contributed by atoms with Crippen molar-refractivity contribution in [2.75, 3.05) is 32.6 Å². The van der Waals surface area contributed by atoms with Crippen LogP contribution in [0, 0.1) is 6.92 Å². The molecule has 1 N–H and O–H groups in total. The number of anilines is 1. The third kappa shape index (κ3) is 3.56. The van der Waals surface area contributed by atoms with E-state index in [1.807, 2.05) is 25.2 Å². The van der Waals surface area contributed by atoms with Crippen LogP contribution < -0.4 is 15.0 Å². The normalized spacial score (nSPS) is 12.0. The van der Waals surface area contributed by atoms with Crippen molar-refractivity contribution in [1.29, 1.82) is 0 Å². The summed E-state index contributed by atoms with van der Waals surface area (Å²) >= 11 is 0. The Balaban J connectivity index is 2.20. The lowest BCUT2D eigenvalue weighted by Crippen LogP contribution is -2.31. The summed E-state index contributed by atoms with van der Waals surface area (Å²) in [5.74, 6) is 0.902. The zero-order valence-corrected chi connectivity index (χ0v) is 13.3. The molecule has 112 valence electrons. The number of benzene rings is 2. The molecule has 0 saturated heterocycles. The largest absolute Gasteiger partial charge is 0.495 e. The van der Waals surface area contributed by atoms with Crippen LogP contribution in [0.4, 0.5) is 5.69 Å². The van der Waals surface area contributed by atoms with Crippen molar-refractivity contribution in [3.05, 3.63) is 59.7 Å². The van der Waals surface area contributed by atoms with Crippen molar-refractivity contribution in [3.63, 3.8) is 0 Å². The highest BCUT2D eigenvalue weighted by Gasteiger charge is 2.16. The Labute approximate surface area is 127 Å². The molecular weight excluding hydrogens is 260 g/mol. The van der Waals surface area contributed by atoms with E-state index in [4.69, 9.17) is 4.74 Å². The second-order valence-electron chi connectivity index (χ2n) is 5.25. The second kappa shape index (κ2) is 7.14. The van der Waals surface area contributed by atoms with Crippen molar-refractivity contribution < 1.29 is 4.74 Å². The van der Waals surface area contributed by atoms with E-state index in [9.17, 15) is 0 Å². The van der Waals surface area contributed by atoms with Crippen LogP contribution in [0.2, 0.25) is 0 Å². The average molecular weight is 284 g/mol. The van der Waals surface area contributed by atoms with Gasteiger partial charge in [0, 0.05) is 19.6 Å². The van der Waals surface area contributed by atoms with Gasteiger partial charge in [-0.1, -0.05) is 36.4 Å². The molecule has 0 aromatic heterocycles. The number of rotatable bonds is 6. The Bertz CT molecular complexity index is 583. The Morgan fingerprint density at radius 1 is 1.10 bits per heavy atom. The first kappa shape index (κ1) is 15.4. The molecular formula is C18H24N2O. The Morgan fingerprint density at radius 2 is 1.76 bits per heavy atom. The van der Waals surface area contributed by atoms with Gasteiger partial charge in [0.05, 0.1) is 12.8 Å². The third-order valence-electron chi connectivity index (χ3n) is 3.87. The molecule has 0 amide bonds. The van der Waals surface area contributed by atoms with Crippen molar-refractivity contribution >= 4 is 5.69 Å². The van der Waals surface area contributed by atoms with Gasteiger partial charge in [-0.2, -0.15) is 0 Å². The highest BCUT2D eigenvalue weighted by molar-refractivity contribution is 5.58. The fraction of sp³-hybridized carbons (Fsp3) is 0.333. The monoisotopic (exact) mass is 284 g/mol. The van der Waals surface area contributed by atoms with E-state index in [0.29, 0.717) is 0 Å². The maximum Gasteiger partial charge on any atom is 0.142 e. The summed E-state index contributed by atoms with van der Waals surface area (Å²) in [7, 11) is 5.82. The van der Waals surface area contributed by atoms with Crippen LogP contribution in [0.1, 0.15) is 17.2 Å². The SMILES string of the molecule is CNC(CN(C)c1ccccc1OC)c1ccccc1C. The molecule has 0 aliphatic carbocycles. The molecule has 0 fully saturated rings. The smallest absolute Gasteiger partial charge is 0.142 e. The van der Waals surface area contributed by atoms with E-state index in [2.05, 4.69) is 54.5 Å². The lowest BCUT2D eigenvalue weighted by molar-refractivity contribution is 0.414. The minimum atomic E-state index is 0.279. The molecule has 0 aliphatic heterocycles. The Kier molecular flexibility index (Phi) is 5.23. The molecule has 2 rings (SSSR count). The summed E-state index contributed by atoms with van der Waals surface area (Å²) < 4.78 is 5.45. The van der Waals surface area contributed by atoms with E-state index >= 15 is 0 Å². The van der Waals surface area contributed by atoms with Gasteiger partial charge < -0.3 is 15.0 Å². The summed E-state index contributed by atoms with van der Waals surface area (Å²) in [6, 6.07) is 16.9. The lowest BCUT2D eigenvalue weighted by atomic mass is 10.0. The van der Waals surface area contributed by atoms with Crippen LogP contribution in [-0.2, 0) is 0 Å². The van der Waals surface area contributed by atoms with E-state index in [1.165, 1.54) is 11.1 Å². The molecule has 21 heavy (non-hydrogen) atoms. The molecule has 3 heteroatoms. The summed E-state index contributed by atoms with van der Waals surface area (Å²) in [5, 5.41) is 3.41. The standard InChI is InChI=1S/C18H24N2O/c1-14-9-5-6-10-15(14)16(19-2)13-20(3)17-11-7-8-12-18(17)21-4/h5-12,16,19H,13H2,1-4H3. The molecule has 1 atom stereocenters. The predicted molar refractivity (Wildman–Crippen MR) is 89.2 cm³/mol. The van der Waals surface area contributed by atoms with Crippen LogP contribution >= 0.6 is 0 Å². The summed E-state index contributed by atoms with van der Waals surface area (Å²) in [6.07, 6.45) is 0. The molecule has 0 aliphatic rings. The Hall–Kier alpha value is -2.00. The number of nitrogens with one attached hydrogen (secondary N) is 1. The molecule has 0 heterocycles. The zero-order chi connectivity index (χ0) is 15.2.